The number of thioether (sulfide) groups is 1. The van der Waals surface area contributed by atoms with Crippen LogP contribution in [0, 0.1) is 11.6 Å². The van der Waals surface area contributed by atoms with Crippen LogP contribution in [0.1, 0.15) is 16.4 Å². The third kappa shape index (κ3) is 2.10. The number of fused-ring (bicyclic) bond motifs is 1. The number of hydrogen-bond donors (Lipinski definition) is 2. The van der Waals surface area contributed by atoms with Gasteiger partial charge in [-0.15, -0.1) is 11.8 Å². The Morgan fingerprint density at radius 1 is 1.32 bits per heavy atom. The first-order valence-electron chi connectivity index (χ1n) is 5.55. The summed E-state index contributed by atoms with van der Waals surface area (Å²) < 4.78 is 27.2. The summed E-state index contributed by atoms with van der Waals surface area (Å²) in [5.41, 5.74) is 0.851. The number of aromatic nitrogens is 2. The number of carbonyl (C=O) groups is 1. The number of anilines is 1. The van der Waals surface area contributed by atoms with Gasteiger partial charge in [-0.25, -0.2) is 8.78 Å². The molecule has 1 amide bonds. The molecule has 0 saturated carbocycles. The van der Waals surface area contributed by atoms with Crippen molar-refractivity contribution in [2.75, 3.05) is 11.1 Å². The number of nitrogens with zero attached hydrogens (tertiary/aromatic N) is 1. The number of hydrogen-bond acceptors (Lipinski definition) is 3. The van der Waals surface area contributed by atoms with E-state index < -0.39 is 16.9 Å². The van der Waals surface area contributed by atoms with Crippen LogP contribution in [0.2, 0.25) is 0 Å². The highest BCUT2D eigenvalue weighted by Gasteiger charge is 2.28. The Labute approximate surface area is 111 Å². The summed E-state index contributed by atoms with van der Waals surface area (Å²) in [5.74, 6) is -1.38. The molecule has 0 radical (unpaired) electrons. The van der Waals surface area contributed by atoms with Crippen LogP contribution in [0.4, 0.5) is 14.6 Å². The van der Waals surface area contributed by atoms with Crippen molar-refractivity contribution >= 4 is 23.5 Å². The largest absolute Gasteiger partial charge is 0.310 e. The molecule has 1 aromatic carbocycles. The summed E-state index contributed by atoms with van der Waals surface area (Å²) in [6, 6.07) is 4.04. The molecule has 0 saturated heterocycles. The lowest BCUT2D eigenvalue weighted by molar-refractivity contribution is -0.113. The highest BCUT2D eigenvalue weighted by molar-refractivity contribution is 8.00. The Morgan fingerprint density at radius 3 is 3.00 bits per heavy atom. The third-order valence-electron chi connectivity index (χ3n) is 2.86. The molecule has 1 aliphatic heterocycles. The number of rotatable bonds is 1. The Balaban J connectivity index is 2.11. The molecule has 1 aromatic heterocycles. The zero-order chi connectivity index (χ0) is 13.4. The number of aromatic amines is 1. The van der Waals surface area contributed by atoms with E-state index in [2.05, 4.69) is 15.5 Å². The van der Waals surface area contributed by atoms with Gasteiger partial charge >= 0.3 is 0 Å². The minimum absolute atomic E-state index is 0.170. The molecule has 3 rings (SSSR count). The Kier molecular flexibility index (Phi) is 2.98. The zero-order valence-electron chi connectivity index (χ0n) is 9.61. The lowest BCUT2D eigenvalue weighted by atomic mass is 10.1. The first kappa shape index (κ1) is 12.2. The quantitative estimate of drug-likeness (QED) is 0.844. The van der Waals surface area contributed by atoms with Crippen LogP contribution < -0.4 is 5.32 Å². The molecule has 1 unspecified atom stereocenters. The van der Waals surface area contributed by atoms with E-state index in [1.54, 1.807) is 0 Å². The molecule has 7 heteroatoms. The van der Waals surface area contributed by atoms with Crippen molar-refractivity contribution in [3.63, 3.8) is 0 Å². The molecule has 19 heavy (non-hydrogen) atoms. The van der Waals surface area contributed by atoms with Gasteiger partial charge in [0.15, 0.2) is 11.6 Å². The Morgan fingerprint density at radius 2 is 2.16 bits per heavy atom. The molecule has 0 aliphatic carbocycles. The van der Waals surface area contributed by atoms with E-state index in [0.29, 0.717) is 11.4 Å². The molecule has 0 bridgehead atoms. The molecule has 0 fully saturated rings. The van der Waals surface area contributed by atoms with Gasteiger partial charge in [0.2, 0.25) is 5.91 Å². The van der Waals surface area contributed by atoms with Crippen LogP contribution in [-0.4, -0.2) is 21.9 Å². The van der Waals surface area contributed by atoms with E-state index >= 15 is 0 Å². The number of carbonyl (C=O) groups excluding carboxylic acids is 1. The van der Waals surface area contributed by atoms with Crippen LogP contribution in [0.25, 0.3) is 0 Å². The van der Waals surface area contributed by atoms with Crippen molar-refractivity contribution in [2.45, 2.75) is 5.25 Å². The van der Waals surface area contributed by atoms with Gasteiger partial charge in [-0.3, -0.25) is 9.89 Å². The maximum absolute atomic E-state index is 13.9. The van der Waals surface area contributed by atoms with Gasteiger partial charge in [0.1, 0.15) is 5.82 Å². The summed E-state index contributed by atoms with van der Waals surface area (Å²) in [6.45, 7) is 0. The SMILES string of the molecule is O=C1CSC(c2cccc(F)c2F)c2cn[nH]c2N1. The van der Waals surface area contributed by atoms with Crippen LogP contribution in [-0.2, 0) is 4.79 Å². The third-order valence-corrected chi connectivity index (χ3v) is 4.13. The van der Waals surface area contributed by atoms with E-state index in [-0.39, 0.29) is 17.2 Å². The molecule has 2 N–H and O–H groups in total. The average Bonchev–Trinajstić information content (AvgIpc) is 2.77. The van der Waals surface area contributed by atoms with Crippen molar-refractivity contribution < 1.29 is 13.6 Å². The molecular formula is C12H9F2N3OS. The van der Waals surface area contributed by atoms with Gasteiger partial charge in [-0.05, 0) is 6.07 Å². The predicted octanol–water partition coefficient (Wildman–Crippen LogP) is 2.46. The van der Waals surface area contributed by atoms with Gasteiger partial charge in [-0.1, -0.05) is 12.1 Å². The first-order valence-corrected chi connectivity index (χ1v) is 6.60. The number of H-pyrrole nitrogens is 1. The van der Waals surface area contributed by atoms with Crippen LogP contribution in [0.15, 0.2) is 24.4 Å². The average molecular weight is 281 g/mol. The summed E-state index contributed by atoms with van der Waals surface area (Å²) in [4.78, 5) is 11.5. The highest BCUT2D eigenvalue weighted by Crippen LogP contribution is 2.41. The molecule has 0 spiro atoms. The van der Waals surface area contributed by atoms with E-state index in [1.807, 2.05) is 0 Å². The number of benzene rings is 1. The lowest BCUT2D eigenvalue weighted by Crippen LogP contribution is -2.12. The molecule has 2 aromatic rings. The molecular weight excluding hydrogens is 272 g/mol. The van der Waals surface area contributed by atoms with Crippen LogP contribution in [0.5, 0.6) is 0 Å². The van der Waals surface area contributed by atoms with Crippen LogP contribution in [0.3, 0.4) is 0 Å². The fraction of sp³-hybridized carbons (Fsp3) is 0.167. The smallest absolute Gasteiger partial charge is 0.235 e. The van der Waals surface area contributed by atoms with Crippen molar-refractivity contribution in [1.29, 1.82) is 0 Å². The van der Waals surface area contributed by atoms with E-state index in [9.17, 15) is 13.6 Å². The van der Waals surface area contributed by atoms with E-state index in [4.69, 9.17) is 0 Å². The maximum Gasteiger partial charge on any atom is 0.235 e. The van der Waals surface area contributed by atoms with Crippen LogP contribution >= 0.6 is 11.8 Å². The molecule has 2 heterocycles. The van der Waals surface area contributed by atoms with Gasteiger partial charge in [0.25, 0.3) is 0 Å². The van der Waals surface area contributed by atoms with Gasteiger partial charge in [0, 0.05) is 11.1 Å². The summed E-state index contributed by atoms with van der Waals surface area (Å²) in [5, 5.41) is 8.66. The van der Waals surface area contributed by atoms with Gasteiger partial charge in [0.05, 0.1) is 17.2 Å². The summed E-state index contributed by atoms with van der Waals surface area (Å²) in [6.07, 6.45) is 1.52. The second-order valence-corrected chi connectivity index (χ2v) is 5.18. The number of amides is 1. The maximum atomic E-state index is 13.9. The standard InChI is InChI=1S/C12H9F2N3OS/c13-8-3-1-2-6(10(8)14)11-7-4-15-17-12(7)16-9(18)5-19-11/h1-4,11H,5H2,(H2,15,16,17,18). The Hall–Kier alpha value is -1.89. The highest BCUT2D eigenvalue weighted by atomic mass is 32.2. The second kappa shape index (κ2) is 4.65. The molecule has 98 valence electrons. The normalized spacial score (nSPS) is 18.6. The molecule has 1 atom stereocenters. The predicted molar refractivity (Wildman–Crippen MR) is 67.9 cm³/mol. The summed E-state index contributed by atoms with van der Waals surface area (Å²) in [7, 11) is 0. The zero-order valence-corrected chi connectivity index (χ0v) is 10.4. The second-order valence-electron chi connectivity index (χ2n) is 4.08. The Bertz CT molecular complexity index is 644. The fourth-order valence-electron chi connectivity index (χ4n) is 2.00. The van der Waals surface area contributed by atoms with E-state index in [0.717, 1.165) is 6.07 Å². The van der Waals surface area contributed by atoms with E-state index in [1.165, 1.54) is 30.1 Å². The van der Waals surface area contributed by atoms with Gasteiger partial charge in [-0.2, -0.15) is 5.10 Å². The van der Waals surface area contributed by atoms with Gasteiger partial charge < -0.3 is 5.32 Å². The number of halogens is 2. The molecule has 1 aliphatic rings. The number of nitrogens with one attached hydrogen (secondary N) is 2. The monoisotopic (exact) mass is 281 g/mol. The minimum Gasteiger partial charge on any atom is -0.310 e. The summed E-state index contributed by atoms with van der Waals surface area (Å²) >= 11 is 1.24. The van der Waals surface area contributed by atoms with Crippen molar-refractivity contribution in [3.8, 4) is 0 Å². The topological polar surface area (TPSA) is 57.8 Å². The van der Waals surface area contributed by atoms with Crippen molar-refractivity contribution in [3.05, 3.63) is 47.2 Å². The minimum atomic E-state index is -0.897. The fourth-order valence-corrected chi connectivity index (χ4v) is 3.11. The van der Waals surface area contributed by atoms with Crippen molar-refractivity contribution in [1.82, 2.24) is 10.2 Å². The molecule has 4 nitrogen and oxygen atoms in total. The lowest BCUT2D eigenvalue weighted by Gasteiger charge is -2.14. The van der Waals surface area contributed by atoms with Crippen molar-refractivity contribution in [2.24, 2.45) is 0 Å². The first-order chi connectivity index (χ1) is 9.16.